The maximum atomic E-state index is 12.1. The highest BCUT2D eigenvalue weighted by Crippen LogP contribution is 2.16. The largest absolute Gasteiger partial charge is 0.352 e. The number of nitrogens with one attached hydrogen (secondary N) is 1. The quantitative estimate of drug-likeness (QED) is 0.672. The number of rotatable bonds is 7. The summed E-state index contributed by atoms with van der Waals surface area (Å²) < 4.78 is 0.947. The van der Waals surface area contributed by atoms with Gasteiger partial charge < -0.3 is 5.32 Å². The molecule has 0 radical (unpaired) electrons. The number of hydrogen-bond donors (Lipinski definition) is 1. The minimum absolute atomic E-state index is 0.0140. The Balaban J connectivity index is 2.58. The normalized spacial score (nSPS) is 12.2. The van der Waals surface area contributed by atoms with Crippen LogP contribution in [0.5, 0.6) is 0 Å². The van der Waals surface area contributed by atoms with Crippen LogP contribution in [0.4, 0.5) is 0 Å². The molecule has 0 aromatic heterocycles. The second-order valence-electron chi connectivity index (χ2n) is 4.86. The van der Waals surface area contributed by atoms with Gasteiger partial charge in [0.25, 0.3) is 5.91 Å². The molecule has 1 unspecified atom stereocenters. The maximum Gasteiger partial charge on any atom is 0.251 e. The molecule has 0 saturated carbocycles. The van der Waals surface area contributed by atoms with Crippen LogP contribution in [-0.4, -0.2) is 17.8 Å². The molecule has 0 aliphatic rings. The van der Waals surface area contributed by atoms with Crippen LogP contribution in [0.15, 0.2) is 22.7 Å². The lowest BCUT2D eigenvalue weighted by atomic mass is 10.0. The van der Waals surface area contributed by atoms with Crippen molar-refractivity contribution in [3.05, 3.63) is 33.8 Å². The van der Waals surface area contributed by atoms with E-state index in [-0.39, 0.29) is 5.91 Å². The van der Waals surface area contributed by atoms with E-state index in [2.05, 4.69) is 44.1 Å². The van der Waals surface area contributed by atoms with Gasteiger partial charge in [-0.15, -0.1) is 0 Å². The first-order chi connectivity index (χ1) is 9.06. The van der Waals surface area contributed by atoms with Gasteiger partial charge in [-0.3, -0.25) is 4.79 Å². The molecule has 0 saturated heterocycles. The summed E-state index contributed by atoms with van der Waals surface area (Å²) in [7, 11) is 0. The monoisotopic (exact) mass is 389 g/mol. The van der Waals surface area contributed by atoms with E-state index >= 15 is 0 Å². The van der Waals surface area contributed by atoms with Gasteiger partial charge in [-0.2, -0.15) is 0 Å². The van der Waals surface area contributed by atoms with E-state index in [0.717, 1.165) is 46.7 Å². The first kappa shape index (κ1) is 16.7. The Labute approximate surface area is 132 Å². The molecule has 0 fully saturated rings. The van der Waals surface area contributed by atoms with Gasteiger partial charge >= 0.3 is 0 Å². The van der Waals surface area contributed by atoms with Crippen molar-refractivity contribution in [3.63, 3.8) is 0 Å². The minimum atomic E-state index is 0.0140. The van der Waals surface area contributed by atoms with Gasteiger partial charge in [0, 0.05) is 21.9 Å². The summed E-state index contributed by atoms with van der Waals surface area (Å²) in [6.45, 7) is 4.93. The fourth-order valence-electron chi connectivity index (χ4n) is 2.12. The Kier molecular flexibility index (Phi) is 7.69. The Morgan fingerprint density at radius 1 is 1.32 bits per heavy atom. The van der Waals surface area contributed by atoms with Crippen LogP contribution in [0.1, 0.15) is 42.1 Å². The van der Waals surface area contributed by atoms with Crippen LogP contribution in [0.25, 0.3) is 0 Å². The molecule has 19 heavy (non-hydrogen) atoms. The molecule has 0 spiro atoms. The Bertz CT molecular complexity index is 394. The lowest BCUT2D eigenvalue weighted by molar-refractivity contribution is 0.0946. The molecule has 1 amide bonds. The predicted octanol–water partition coefficient (Wildman–Crippen LogP) is 4.69. The van der Waals surface area contributed by atoms with Crippen molar-refractivity contribution >= 4 is 37.8 Å². The molecule has 0 aliphatic carbocycles. The van der Waals surface area contributed by atoms with Gasteiger partial charge in [-0.25, -0.2) is 0 Å². The lowest BCUT2D eigenvalue weighted by Crippen LogP contribution is -2.29. The fourth-order valence-corrected chi connectivity index (χ4v) is 3.37. The third kappa shape index (κ3) is 6.09. The zero-order valence-corrected chi connectivity index (χ0v) is 14.7. The first-order valence-electron chi connectivity index (χ1n) is 6.68. The molecule has 106 valence electrons. The van der Waals surface area contributed by atoms with Crippen LogP contribution >= 0.6 is 31.9 Å². The van der Waals surface area contributed by atoms with Crippen molar-refractivity contribution in [3.8, 4) is 0 Å². The molecular formula is C15H21Br2NO. The van der Waals surface area contributed by atoms with E-state index in [1.807, 2.05) is 25.1 Å². The van der Waals surface area contributed by atoms with E-state index in [1.165, 1.54) is 0 Å². The van der Waals surface area contributed by atoms with Crippen LogP contribution < -0.4 is 5.32 Å². The van der Waals surface area contributed by atoms with Crippen LogP contribution in [0.2, 0.25) is 0 Å². The van der Waals surface area contributed by atoms with Gasteiger partial charge in [0.15, 0.2) is 0 Å². The van der Waals surface area contributed by atoms with Gasteiger partial charge in [-0.1, -0.05) is 45.2 Å². The van der Waals surface area contributed by atoms with E-state index in [9.17, 15) is 4.79 Å². The summed E-state index contributed by atoms with van der Waals surface area (Å²) in [5.41, 5.74) is 1.81. The summed E-state index contributed by atoms with van der Waals surface area (Å²) in [4.78, 5) is 12.1. The summed E-state index contributed by atoms with van der Waals surface area (Å²) in [6.07, 6.45) is 3.42. The van der Waals surface area contributed by atoms with Crippen molar-refractivity contribution in [2.45, 2.75) is 33.1 Å². The summed E-state index contributed by atoms with van der Waals surface area (Å²) >= 11 is 6.90. The minimum Gasteiger partial charge on any atom is -0.352 e. The number of alkyl halides is 1. The standard InChI is InChI=1S/C15H21Br2NO/c1-3-4-12(5-6-16)10-18-15(19)13-7-11(2)8-14(17)9-13/h7-9,12H,3-6,10H2,1-2H3,(H,18,19). The Morgan fingerprint density at radius 3 is 2.63 bits per heavy atom. The summed E-state index contributed by atoms with van der Waals surface area (Å²) in [6, 6.07) is 5.78. The Morgan fingerprint density at radius 2 is 2.05 bits per heavy atom. The second-order valence-corrected chi connectivity index (χ2v) is 6.57. The van der Waals surface area contributed by atoms with Crippen LogP contribution in [0.3, 0.4) is 0 Å². The van der Waals surface area contributed by atoms with E-state index in [1.54, 1.807) is 0 Å². The van der Waals surface area contributed by atoms with Crippen molar-refractivity contribution in [2.24, 2.45) is 5.92 Å². The molecule has 2 nitrogen and oxygen atoms in total. The molecule has 0 heterocycles. The highest BCUT2D eigenvalue weighted by molar-refractivity contribution is 9.10. The van der Waals surface area contributed by atoms with Crippen LogP contribution in [-0.2, 0) is 0 Å². The maximum absolute atomic E-state index is 12.1. The number of halogens is 2. The second kappa shape index (κ2) is 8.75. The van der Waals surface area contributed by atoms with Crippen molar-refractivity contribution < 1.29 is 4.79 Å². The van der Waals surface area contributed by atoms with E-state index in [0.29, 0.717) is 5.92 Å². The van der Waals surface area contributed by atoms with Gasteiger partial charge in [-0.05, 0) is 49.4 Å². The van der Waals surface area contributed by atoms with Crippen LogP contribution in [0, 0.1) is 12.8 Å². The zero-order chi connectivity index (χ0) is 14.3. The highest BCUT2D eigenvalue weighted by atomic mass is 79.9. The molecule has 4 heteroatoms. The van der Waals surface area contributed by atoms with Crippen molar-refractivity contribution in [2.75, 3.05) is 11.9 Å². The third-order valence-electron chi connectivity index (χ3n) is 3.07. The number of carbonyl (C=O) groups is 1. The highest BCUT2D eigenvalue weighted by Gasteiger charge is 2.11. The molecule has 1 rings (SSSR count). The predicted molar refractivity (Wildman–Crippen MR) is 88.0 cm³/mol. The van der Waals surface area contributed by atoms with Crippen molar-refractivity contribution in [1.82, 2.24) is 5.32 Å². The number of amides is 1. The molecule has 0 bridgehead atoms. The molecule has 0 aliphatic heterocycles. The molecule has 1 aromatic carbocycles. The van der Waals surface area contributed by atoms with E-state index in [4.69, 9.17) is 0 Å². The number of aryl methyl sites for hydroxylation is 1. The zero-order valence-electron chi connectivity index (χ0n) is 11.5. The van der Waals surface area contributed by atoms with Gasteiger partial charge in [0.1, 0.15) is 0 Å². The van der Waals surface area contributed by atoms with Gasteiger partial charge in [0.05, 0.1) is 0 Å². The first-order valence-corrected chi connectivity index (χ1v) is 8.59. The topological polar surface area (TPSA) is 29.1 Å². The fraction of sp³-hybridized carbons (Fsp3) is 0.533. The lowest BCUT2D eigenvalue weighted by Gasteiger charge is -2.15. The number of benzene rings is 1. The SMILES string of the molecule is CCCC(CCBr)CNC(=O)c1cc(C)cc(Br)c1. The molecule has 1 aromatic rings. The van der Waals surface area contributed by atoms with Gasteiger partial charge in [0.2, 0.25) is 0 Å². The van der Waals surface area contributed by atoms with Crippen molar-refractivity contribution in [1.29, 1.82) is 0 Å². The Hall–Kier alpha value is -0.350. The molecule has 1 N–H and O–H groups in total. The summed E-state index contributed by atoms with van der Waals surface area (Å²) in [5, 5.41) is 4.03. The molecular weight excluding hydrogens is 370 g/mol. The number of carbonyl (C=O) groups excluding carboxylic acids is 1. The molecule has 1 atom stereocenters. The summed E-state index contributed by atoms with van der Waals surface area (Å²) in [5.74, 6) is 0.571. The smallest absolute Gasteiger partial charge is 0.251 e. The average Bonchev–Trinajstić information content (AvgIpc) is 2.35. The third-order valence-corrected chi connectivity index (χ3v) is 3.99. The average molecular weight is 391 g/mol. The number of hydrogen-bond acceptors (Lipinski definition) is 1. The van der Waals surface area contributed by atoms with E-state index < -0.39 is 0 Å².